The molecule has 13 heteroatoms. The second kappa shape index (κ2) is 19.5. The standard InChI is InChI=1S/C52H59N5O7S/c1-33(12-11-18-52(2,3)65)55(20-21-58)38-23-34(31-63-48-28-42(53-4)40(26-46(48)61-5)50(59)56-19-17-36-13-7-9-15-44(36)56)22-35(24-38)32-64-49-29-43-41(27-47(49)62-6)51(60)57-39(30-54-43)25-37-14-8-10-16-45(37)57/h7-10,13-16,22-24,26-29,33,39,54,58,65H,4,11-12,17-21,25,30-32H2,1-3,5-6H3/t33?,39-/m0/s1. The van der Waals surface area contributed by atoms with Crippen molar-refractivity contribution >= 4 is 59.6 Å². The molecule has 3 aliphatic rings. The fraction of sp³-hybridized carbons (Fsp3) is 0.365. The van der Waals surface area contributed by atoms with Gasteiger partial charge in [-0.05, 0) is 104 Å². The Labute approximate surface area is 387 Å². The second-order valence-electron chi connectivity index (χ2n) is 17.7. The van der Waals surface area contributed by atoms with Gasteiger partial charge in [-0.15, -0.1) is 0 Å². The Kier molecular flexibility index (Phi) is 13.6. The number of hydrogen-bond acceptors (Lipinski definition) is 11. The molecule has 8 rings (SSSR count). The van der Waals surface area contributed by atoms with Crippen molar-refractivity contribution in [2.75, 3.05) is 60.5 Å². The summed E-state index contributed by atoms with van der Waals surface area (Å²) in [7, 11) is 3.12. The normalized spacial score (nSPS) is 15.5. The number of nitrogens with one attached hydrogen (secondary N) is 1. The number of fused-ring (bicyclic) bond motifs is 5. The third-order valence-corrected chi connectivity index (χ3v) is 12.8. The van der Waals surface area contributed by atoms with E-state index in [0.29, 0.717) is 65.1 Å². The van der Waals surface area contributed by atoms with E-state index in [1.165, 1.54) is 0 Å². The lowest BCUT2D eigenvalue weighted by Crippen LogP contribution is -2.39. The number of hydrogen-bond donors (Lipinski definition) is 3. The van der Waals surface area contributed by atoms with Gasteiger partial charge in [0, 0.05) is 59.6 Å². The molecule has 5 aromatic rings. The first kappa shape index (κ1) is 45.4. The molecule has 0 saturated heterocycles. The molecule has 65 heavy (non-hydrogen) atoms. The molecule has 0 aromatic heterocycles. The summed E-state index contributed by atoms with van der Waals surface area (Å²) in [4.78, 5) is 38.2. The number of carbonyl (C=O) groups is 2. The van der Waals surface area contributed by atoms with Crippen LogP contribution in [-0.2, 0) is 26.1 Å². The predicted octanol–water partition coefficient (Wildman–Crippen LogP) is 9.46. The number of methoxy groups -OCH3 is 2. The van der Waals surface area contributed by atoms with Gasteiger partial charge in [0.05, 0.1) is 49.4 Å². The van der Waals surface area contributed by atoms with E-state index >= 15 is 0 Å². The van der Waals surface area contributed by atoms with E-state index in [1.54, 1.807) is 37.3 Å². The van der Waals surface area contributed by atoms with Crippen LogP contribution >= 0.6 is 12.6 Å². The maximum atomic E-state index is 14.1. The van der Waals surface area contributed by atoms with Crippen LogP contribution in [0.4, 0.5) is 28.4 Å². The van der Waals surface area contributed by atoms with Crippen LogP contribution in [-0.4, -0.2) is 80.9 Å². The van der Waals surface area contributed by atoms with E-state index in [2.05, 4.69) is 60.9 Å². The molecule has 0 fully saturated rings. The van der Waals surface area contributed by atoms with E-state index in [9.17, 15) is 14.7 Å². The van der Waals surface area contributed by atoms with E-state index in [1.807, 2.05) is 59.5 Å². The Hall–Kier alpha value is -6.18. The molecule has 3 heterocycles. The minimum Gasteiger partial charge on any atom is -0.493 e. The number of anilines is 4. The third-order valence-electron chi connectivity index (χ3n) is 12.6. The van der Waals surface area contributed by atoms with Crippen molar-refractivity contribution in [1.82, 2.24) is 0 Å². The summed E-state index contributed by atoms with van der Waals surface area (Å²) in [5.41, 5.74) is 8.70. The molecule has 0 spiro atoms. The highest BCUT2D eigenvalue weighted by Gasteiger charge is 2.38. The number of ether oxygens (including phenoxy) is 4. The van der Waals surface area contributed by atoms with Crippen molar-refractivity contribution in [2.45, 2.75) is 82.9 Å². The number of carbonyl (C=O) groups excluding carboxylic acids is 2. The summed E-state index contributed by atoms with van der Waals surface area (Å²) in [6, 6.07) is 29.3. The monoisotopic (exact) mass is 897 g/mol. The SMILES string of the molecule is C=Nc1cc(OCc2cc(COc3cc4c(cc3OC)C(=O)N3c5ccccc5C[C@H]3CN4)cc(N(CCO)C(C)CCCC(C)(C)S)c2)c(OC)cc1C(=O)N1CCc2ccccc21. The Balaban J connectivity index is 1.07. The zero-order chi connectivity index (χ0) is 45.8. The van der Waals surface area contributed by atoms with Gasteiger partial charge >= 0.3 is 0 Å². The maximum absolute atomic E-state index is 14.1. The summed E-state index contributed by atoms with van der Waals surface area (Å²) >= 11 is 4.75. The van der Waals surface area contributed by atoms with Gasteiger partial charge in [0.15, 0.2) is 23.0 Å². The minimum atomic E-state index is -0.185. The molecule has 340 valence electrons. The zero-order valence-corrected chi connectivity index (χ0v) is 38.8. The van der Waals surface area contributed by atoms with Gasteiger partial charge in [-0.2, -0.15) is 12.6 Å². The number of rotatable bonds is 18. The molecule has 2 N–H and O–H groups in total. The molecule has 3 aliphatic heterocycles. The number of aliphatic hydroxyl groups excluding tert-OH is 1. The molecule has 0 aliphatic carbocycles. The molecule has 5 aromatic carbocycles. The fourth-order valence-electron chi connectivity index (χ4n) is 9.33. The van der Waals surface area contributed by atoms with Gasteiger partial charge in [-0.25, -0.2) is 0 Å². The van der Waals surface area contributed by atoms with Crippen LogP contribution in [0.15, 0.2) is 96.0 Å². The van der Waals surface area contributed by atoms with Gasteiger partial charge < -0.3 is 44.1 Å². The molecule has 0 radical (unpaired) electrons. The van der Waals surface area contributed by atoms with E-state index < -0.39 is 0 Å². The predicted molar refractivity (Wildman–Crippen MR) is 262 cm³/mol. The van der Waals surface area contributed by atoms with Crippen LogP contribution in [0, 0.1) is 0 Å². The Bertz CT molecular complexity index is 2580. The zero-order valence-electron chi connectivity index (χ0n) is 37.9. The average Bonchev–Trinajstić information content (AvgIpc) is 3.88. The number of amides is 2. The van der Waals surface area contributed by atoms with Crippen LogP contribution in [0.3, 0.4) is 0 Å². The highest BCUT2D eigenvalue weighted by atomic mass is 32.1. The summed E-state index contributed by atoms with van der Waals surface area (Å²) in [6.07, 6.45) is 4.39. The first-order valence-electron chi connectivity index (χ1n) is 22.3. The van der Waals surface area contributed by atoms with E-state index in [4.69, 9.17) is 31.6 Å². The Morgan fingerprint density at radius 1 is 0.923 bits per heavy atom. The molecular formula is C52H59N5O7S. The number of benzene rings is 5. The number of para-hydroxylation sites is 2. The lowest BCUT2D eigenvalue weighted by molar-refractivity contribution is 0.0978. The smallest absolute Gasteiger partial charge is 0.260 e. The van der Waals surface area contributed by atoms with Crippen LogP contribution < -0.4 is 39.0 Å². The number of aliphatic hydroxyl groups is 1. The first-order chi connectivity index (χ1) is 31.4. The van der Waals surface area contributed by atoms with Gasteiger partial charge in [0.1, 0.15) is 13.2 Å². The lowest BCUT2D eigenvalue weighted by atomic mass is 10.0. The fourth-order valence-corrected chi connectivity index (χ4v) is 9.48. The summed E-state index contributed by atoms with van der Waals surface area (Å²) in [5, 5.41) is 13.8. The Morgan fingerprint density at radius 3 is 2.26 bits per heavy atom. The van der Waals surface area contributed by atoms with Crippen molar-refractivity contribution in [3.63, 3.8) is 0 Å². The van der Waals surface area contributed by atoms with E-state index in [-0.39, 0.29) is 48.5 Å². The molecule has 0 saturated carbocycles. The first-order valence-corrected chi connectivity index (χ1v) is 22.8. The molecule has 2 amide bonds. The third kappa shape index (κ3) is 9.77. The summed E-state index contributed by atoms with van der Waals surface area (Å²) in [5.74, 6) is 1.48. The van der Waals surface area contributed by atoms with Gasteiger partial charge in [-0.3, -0.25) is 14.6 Å². The molecular weight excluding hydrogens is 839 g/mol. The van der Waals surface area contributed by atoms with Gasteiger partial charge in [-0.1, -0.05) is 56.7 Å². The molecule has 0 bridgehead atoms. The summed E-state index contributed by atoms with van der Waals surface area (Å²) in [6.45, 7) is 12.1. The largest absolute Gasteiger partial charge is 0.493 e. The van der Waals surface area contributed by atoms with Crippen molar-refractivity contribution in [3.05, 3.63) is 124 Å². The number of nitrogens with zero attached hydrogens (tertiary/aromatic N) is 4. The van der Waals surface area contributed by atoms with Crippen LogP contribution in [0.5, 0.6) is 23.0 Å². The van der Waals surface area contributed by atoms with Crippen molar-refractivity contribution in [3.8, 4) is 23.0 Å². The highest BCUT2D eigenvalue weighted by molar-refractivity contribution is 7.81. The number of aliphatic imine (C=N–C) groups is 1. The lowest BCUT2D eigenvalue weighted by Gasteiger charge is -2.32. The van der Waals surface area contributed by atoms with Crippen molar-refractivity contribution in [1.29, 1.82) is 0 Å². The van der Waals surface area contributed by atoms with Crippen molar-refractivity contribution in [2.24, 2.45) is 4.99 Å². The average molecular weight is 898 g/mol. The highest BCUT2D eigenvalue weighted by Crippen LogP contribution is 2.42. The second-order valence-corrected chi connectivity index (χ2v) is 18.9. The topological polar surface area (TPSA) is 125 Å². The van der Waals surface area contributed by atoms with E-state index in [0.717, 1.165) is 71.4 Å². The minimum absolute atomic E-state index is 0.00666. The maximum Gasteiger partial charge on any atom is 0.260 e. The molecule has 12 nitrogen and oxygen atoms in total. The van der Waals surface area contributed by atoms with Crippen molar-refractivity contribution < 1.29 is 33.6 Å². The quantitative estimate of drug-likeness (QED) is 0.0583. The molecule has 1 unspecified atom stereocenters. The molecule has 2 atom stereocenters. The summed E-state index contributed by atoms with van der Waals surface area (Å²) < 4.78 is 24.6. The Morgan fingerprint density at radius 2 is 1.58 bits per heavy atom. The van der Waals surface area contributed by atoms with Crippen LogP contribution in [0.2, 0.25) is 0 Å². The number of thiol groups is 1. The van der Waals surface area contributed by atoms with Crippen LogP contribution in [0.25, 0.3) is 0 Å². The van der Waals surface area contributed by atoms with Gasteiger partial charge in [0.25, 0.3) is 11.8 Å². The van der Waals surface area contributed by atoms with Gasteiger partial charge in [0.2, 0.25) is 0 Å². The van der Waals surface area contributed by atoms with Crippen LogP contribution in [0.1, 0.15) is 83.0 Å².